The third-order valence-corrected chi connectivity index (χ3v) is 4.44. The maximum atomic E-state index is 3.46. The summed E-state index contributed by atoms with van der Waals surface area (Å²) < 4.78 is 0. The molecule has 3 heteroatoms. The molecule has 0 radical (unpaired) electrons. The van der Waals surface area contributed by atoms with E-state index in [4.69, 9.17) is 0 Å². The molecule has 0 bridgehead atoms. The topological polar surface area (TPSA) is 15.3 Å². The molecule has 1 heterocycles. The monoisotopic (exact) mass is 278 g/mol. The molecule has 1 aromatic carbocycles. The molecule has 0 aromatic heterocycles. The van der Waals surface area contributed by atoms with Crippen molar-refractivity contribution in [3.05, 3.63) is 35.4 Å². The smallest absolute Gasteiger partial charge is 0.0234 e. The lowest BCUT2D eigenvalue weighted by Crippen LogP contribution is -2.31. The first-order valence-electron chi connectivity index (χ1n) is 7.35. The molecule has 19 heavy (non-hydrogen) atoms. The molecule has 0 unspecified atom stereocenters. The van der Waals surface area contributed by atoms with Gasteiger partial charge in [0.25, 0.3) is 0 Å². The van der Waals surface area contributed by atoms with E-state index in [-0.39, 0.29) is 0 Å². The van der Waals surface area contributed by atoms with Crippen LogP contribution in [0.3, 0.4) is 0 Å². The lowest BCUT2D eigenvalue weighted by molar-refractivity contribution is 0.294. The summed E-state index contributed by atoms with van der Waals surface area (Å²) in [5.74, 6) is 2.58. The predicted molar refractivity (Wildman–Crippen MR) is 85.9 cm³/mol. The van der Waals surface area contributed by atoms with Gasteiger partial charge in [-0.25, -0.2) is 0 Å². The van der Waals surface area contributed by atoms with Crippen LogP contribution in [-0.2, 0) is 13.0 Å². The van der Waals surface area contributed by atoms with Crippen molar-refractivity contribution in [1.29, 1.82) is 0 Å². The van der Waals surface area contributed by atoms with Crippen LogP contribution in [0.15, 0.2) is 24.3 Å². The fraction of sp³-hybridized carbons (Fsp3) is 0.625. The van der Waals surface area contributed by atoms with Crippen molar-refractivity contribution >= 4 is 11.8 Å². The normalized spacial score (nSPS) is 17.0. The Morgan fingerprint density at radius 3 is 2.37 bits per heavy atom. The van der Waals surface area contributed by atoms with Gasteiger partial charge in [-0.1, -0.05) is 38.1 Å². The van der Waals surface area contributed by atoms with Gasteiger partial charge in [0.2, 0.25) is 0 Å². The van der Waals surface area contributed by atoms with Crippen LogP contribution in [0, 0.1) is 0 Å². The molecule has 0 atom stereocenters. The van der Waals surface area contributed by atoms with Gasteiger partial charge in [0.1, 0.15) is 0 Å². The van der Waals surface area contributed by atoms with Crippen LogP contribution in [0.25, 0.3) is 0 Å². The van der Waals surface area contributed by atoms with E-state index in [1.807, 2.05) is 0 Å². The van der Waals surface area contributed by atoms with Gasteiger partial charge in [-0.05, 0) is 24.1 Å². The van der Waals surface area contributed by atoms with Crippen LogP contribution in [0.2, 0.25) is 0 Å². The SMILES string of the molecule is CC(C)NCCc1ccc(CN2CCSCC2)cc1. The molecular formula is C16H26N2S. The van der Waals surface area contributed by atoms with Gasteiger partial charge in [-0.3, -0.25) is 4.90 Å². The minimum atomic E-state index is 0.580. The summed E-state index contributed by atoms with van der Waals surface area (Å²) in [5, 5.41) is 3.46. The van der Waals surface area contributed by atoms with E-state index in [0.717, 1.165) is 19.5 Å². The van der Waals surface area contributed by atoms with E-state index in [1.54, 1.807) is 0 Å². The van der Waals surface area contributed by atoms with Gasteiger partial charge in [-0.15, -0.1) is 0 Å². The number of thioether (sulfide) groups is 1. The first kappa shape index (κ1) is 14.9. The van der Waals surface area contributed by atoms with Gasteiger partial charge >= 0.3 is 0 Å². The third kappa shape index (κ3) is 5.55. The molecule has 1 N–H and O–H groups in total. The summed E-state index contributed by atoms with van der Waals surface area (Å²) in [7, 11) is 0. The first-order chi connectivity index (χ1) is 9.24. The van der Waals surface area contributed by atoms with Gasteiger partial charge < -0.3 is 5.32 Å². The number of hydrogen-bond donors (Lipinski definition) is 1. The summed E-state index contributed by atoms with van der Waals surface area (Å²) in [6.45, 7) is 9.06. The standard InChI is InChI=1S/C16H26N2S/c1-14(2)17-8-7-15-3-5-16(6-4-15)13-18-9-11-19-12-10-18/h3-6,14,17H,7-13H2,1-2H3. The minimum absolute atomic E-state index is 0.580. The molecule has 2 nitrogen and oxygen atoms in total. The highest BCUT2D eigenvalue weighted by Gasteiger charge is 2.10. The summed E-state index contributed by atoms with van der Waals surface area (Å²) in [5.41, 5.74) is 2.89. The average Bonchev–Trinajstić information content (AvgIpc) is 2.42. The molecule has 1 saturated heterocycles. The zero-order chi connectivity index (χ0) is 13.5. The van der Waals surface area contributed by atoms with Crippen molar-refractivity contribution in [2.45, 2.75) is 32.9 Å². The Morgan fingerprint density at radius 2 is 1.74 bits per heavy atom. The third-order valence-electron chi connectivity index (χ3n) is 3.50. The van der Waals surface area contributed by atoms with Crippen LogP contribution < -0.4 is 5.32 Å². The van der Waals surface area contributed by atoms with Crippen molar-refractivity contribution < 1.29 is 0 Å². The second kappa shape index (κ2) is 7.93. The summed E-state index contributed by atoms with van der Waals surface area (Å²) >= 11 is 2.07. The molecule has 0 spiro atoms. The van der Waals surface area contributed by atoms with E-state index in [9.17, 15) is 0 Å². The fourth-order valence-electron chi connectivity index (χ4n) is 2.33. The molecular weight excluding hydrogens is 252 g/mol. The molecule has 1 fully saturated rings. The molecule has 1 aliphatic heterocycles. The molecule has 0 amide bonds. The minimum Gasteiger partial charge on any atom is -0.314 e. The van der Waals surface area contributed by atoms with E-state index < -0.39 is 0 Å². The predicted octanol–water partition coefficient (Wildman–Crippen LogP) is 2.78. The summed E-state index contributed by atoms with van der Waals surface area (Å²) in [6, 6.07) is 9.75. The van der Waals surface area contributed by atoms with Crippen molar-refractivity contribution in [1.82, 2.24) is 10.2 Å². The van der Waals surface area contributed by atoms with Gasteiger partial charge in [0.05, 0.1) is 0 Å². The van der Waals surface area contributed by atoms with Gasteiger partial charge in [0.15, 0.2) is 0 Å². The van der Waals surface area contributed by atoms with Gasteiger partial charge in [0, 0.05) is 37.2 Å². The number of nitrogens with one attached hydrogen (secondary N) is 1. The maximum absolute atomic E-state index is 3.46. The Bertz CT molecular complexity index is 356. The highest BCUT2D eigenvalue weighted by atomic mass is 32.2. The molecule has 0 saturated carbocycles. The lowest BCUT2D eigenvalue weighted by Gasteiger charge is -2.26. The average molecular weight is 278 g/mol. The maximum Gasteiger partial charge on any atom is 0.0234 e. The highest BCUT2D eigenvalue weighted by Crippen LogP contribution is 2.13. The van der Waals surface area contributed by atoms with Crippen LogP contribution >= 0.6 is 11.8 Å². The Morgan fingerprint density at radius 1 is 1.11 bits per heavy atom. The molecule has 0 aliphatic carbocycles. The summed E-state index contributed by atoms with van der Waals surface area (Å²) in [6.07, 6.45) is 1.12. The number of rotatable bonds is 6. The Balaban J connectivity index is 1.77. The number of hydrogen-bond acceptors (Lipinski definition) is 3. The van der Waals surface area contributed by atoms with E-state index in [2.05, 4.69) is 60.1 Å². The quantitative estimate of drug-likeness (QED) is 0.861. The van der Waals surface area contributed by atoms with Crippen molar-refractivity contribution in [3.63, 3.8) is 0 Å². The van der Waals surface area contributed by atoms with Crippen molar-refractivity contribution in [2.75, 3.05) is 31.1 Å². The van der Waals surface area contributed by atoms with Crippen LogP contribution in [0.4, 0.5) is 0 Å². The molecule has 1 aliphatic rings. The zero-order valence-electron chi connectivity index (χ0n) is 12.2. The Labute approximate surface area is 122 Å². The number of nitrogens with zero attached hydrogens (tertiary/aromatic N) is 1. The highest BCUT2D eigenvalue weighted by molar-refractivity contribution is 7.99. The lowest BCUT2D eigenvalue weighted by atomic mass is 10.1. The zero-order valence-corrected chi connectivity index (χ0v) is 13.0. The number of benzene rings is 1. The van der Waals surface area contributed by atoms with E-state index in [0.29, 0.717) is 6.04 Å². The second-order valence-electron chi connectivity index (χ2n) is 5.56. The van der Waals surface area contributed by atoms with E-state index >= 15 is 0 Å². The molecule has 106 valence electrons. The second-order valence-corrected chi connectivity index (χ2v) is 6.79. The van der Waals surface area contributed by atoms with Crippen molar-refractivity contribution in [3.8, 4) is 0 Å². The van der Waals surface area contributed by atoms with Crippen LogP contribution in [-0.4, -0.2) is 42.1 Å². The Hall–Kier alpha value is -0.510. The largest absolute Gasteiger partial charge is 0.314 e. The van der Waals surface area contributed by atoms with Crippen LogP contribution in [0.5, 0.6) is 0 Å². The van der Waals surface area contributed by atoms with Crippen molar-refractivity contribution in [2.24, 2.45) is 0 Å². The molecule has 2 rings (SSSR count). The van der Waals surface area contributed by atoms with E-state index in [1.165, 1.54) is 35.7 Å². The fourth-order valence-corrected chi connectivity index (χ4v) is 3.31. The van der Waals surface area contributed by atoms with Gasteiger partial charge in [-0.2, -0.15) is 11.8 Å². The first-order valence-corrected chi connectivity index (χ1v) is 8.51. The van der Waals surface area contributed by atoms with Crippen LogP contribution in [0.1, 0.15) is 25.0 Å². The Kier molecular flexibility index (Phi) is 6.21. The molecule has 1 aromatic rings. The summed E-state index contributed by atoms with van der Waals surface area (Å²) in [4.78, 5) is 2.56.